The van der Waals surface area contributed by atoms with Gasteiger partial charge in [-0.2, -0.15) is 0 Å². The number of amides is 1. The SMILES string of the molecule is Cc1ccc(-c2c(CN(C(=O)O)C(C)(C)C)c(CC(C)C)nc3ccc(O)cc23)cc1. The van der Waals surface area contributed by atoms with Crippen molar-refractivity contribution in [1.82, 2.24) is 9.88 Å². The minimum Gasteiger partial charge on any atom is -0.508 e. The standard InChI is InChI=1S/C26H32N2O3/c1-16(2)13-23-21(15-28(25(30)31)26(4,5)6)24(18-9-7-17(3)8-10-18)20-14-19(29)11-12-22(20)27-23/h7-12,14,16,29H,13,15H2,1-6H3,(H,30,31). The number of carboxylic acid groups (broad SMARTS) is 1. The highest BCUT2D eigenvalue weighted by Crippen LogP contribution is 2.37. The van der Waals surface area contributed by atoms with Gasteiger partial charge >= 0.3 is 6.09 Å². The highest BCUT2D eigenvalue weighted by Gasteiger charge is 2.29. The molecule has 2 N–H and O–H groups in total. The van der Waals surface area contributed by atoms with Gasteiger partial charge in [0.05, 0.1) is 12.1 Å². The van der Waals surface area contributed by atoms with Crippen LogP contribution in [0.1, 0.15) is 51.4 Å². The Bertz CT molecular complexity index is 1100. The van der Waals surface area contributed by atoms with E-state index in [0.29, 0.717) is 5.92 Å². The molecular formula is C26H32N2O3. The lowest BCUT2D eigenvalue weighted by molar-refractivity contribution is 0.0954. The number of aromatic nitrogens is 1. The van der Waals surface area contributed by atoms with Crippen LogP contribution in [0.4, 0.5) is 4.79 Å². The number of phenolic OH excluding ortho intramolecular Hbond substituents is 1. The molecule has 0 aliphatic heterocycles. The van der Waals surface area contributed by atoms with E-state index >= 15 is 0 Å². The van der Waals surface area contributed by atoms with Crippen molar-refractivity contribution in [1.29, 1.82) is 0 Å². The maximum absolute atomic E-state index is 12.2. The third-order valence-electron chi connectivity index (χ3n) is 5.45. The van der Waals surface area contributed by atoms with Crippen molar-refractivity contribution in [3.63, 3.8) is 0 Å². The number of fused-ring (bicyclic) bond motifs is 1. The monoisotopic (exact) mass is 420 g/mol. The number of aromatic hydroxyl groups is 1. The van der Waals surface area contributed by atoms with E-state index in [9.17, 15) is 15.0 Å². The summed E-state index contributed by atoms with van der Waals surface area (Å²) in [4.78, 5) is 18.5. The molecular weight excluding hydrogens is 388 g/mol. The quantitative estimate of drug-likeness (QED) is 0.501. The predicted molar refractivity (Wildman–Crippen MR) is 125 cm³/mol. The molecule has 164 valence electrons. The van der Waals surface area contributed by atoms with Gasteiger partial charge in [-0.05, 0) is 69.4 Å². The van der Waals surface area contributed by atoms with Gasteiger partial charge < -0.3 is 10.2 Å². The summed E-state index contributed by atoms with van der Waals surface area (Å²) >= 11 is 0. The Morgan fingerprint density at radius 2 is 1.74 bits per heavy atom. The molecule has 1 heterocycles. The number of nitrogens with zero attached hydrogens (tertiary/aromatic N) is 2. The molecule has 3 aromatic rings. The fraction of sp³-hybridized carbons (Fsp3) is 0.385. The molecule has 0 unspecified atom stereocenters. The second kappa shape index (κ2) is 8.58. The number of carbonyl (C=O) groups is 1. The van der Waals surface area contributed by atoms with Crippen LogP contribution < -0.4 is 0 Å². The number of phenols is 1. The molecule has 3 rings (SSSR count). The van der Waals surface area contributed by atoms with E-state index in [-0.39, 0.29) is 12.3 Å². The molecule has 2 aromatic carbocycles. The van der Waals surface area contributed by atoms with E-state index in [4.69, 9.17) is 4.98 Å². The number of pyridine rings is 1. The zero-order valence-corrected chi connectivity index (χ0v) is 19.2. The van der Waals surface area contributed by atoms with Crippen molar-refractivity contribution < 1.29 is 15.0 Å². The molecule has 0 fully saturated rings. The fourth-order valence-electron chi connectivity index (χ4n) is 3.87. The third kappa shape index (κ3) is 4.98. The van der Waals surface area contributed by atoms with Crippen LogP contribution in [0.15, 0.2) is 42.5 Å². The first-order valence-corrected chi connectivity index (χ1v) is 10.7. The first-order chi connectivity index (χ1) is 14.5. The van der Waals surface area contributed by atoms with Gasteiger partial charge in [-0.25, -0.2) is 4.79 Å². The van der Waals surface area contributed by atoms with E-state index in [0.717, 1.165) is 45.3 Å². The Balaban J connectivity index is 2.38. The van der Waals surface area contributed by atoms with Gasteiger partial charge in [0, 0.05) is 22.2 Å². The number of rotatable bonds is 5. The molecule has 0 bridgehead atoms. The fourth-order valence-corrected chi connectivity index (χ4v) is 3.87. The normalized spacial score (nSPS) is 11.8. The molecule has 0 saturated carbocycles. The summed E-state index contributed by atoms with van der Waals surface area (Å²) in [6.45, 7) is 12.2. The summed E-state index contributed by atoms with van der Waals surface area (Å²) in [6.07, 6.45) is -0.225. The number of hydrogen-bond acceptors (Lipinski definition) is 3. The van der Waals surface area contributed by atoms with Crippen LogP contribution in [0.25, 0.3) is 22.0 Å². The van der Waals surface area contributed by atoms with Crippen molar-refractivity contribution in [2.75, 3.05) is 0 Å². The minimum absolute atomic E-state index is 0.163. The molecule has 0 atom stereocenters. The Kier molecular flexibility index (Phi) is 6.25. The van der Waals surface area contributed by atoms with Crippen LogP contribution >= 0.6 is 0 Å². The molecule has 31 heavy (non-hydrogen) atoms. The average Bonchev–Trinajstić information content (AvgIpc) is 2.65. The van der Waals surface area contributed by atoms with Gasteiger partial charge in [-0.3, -0.25) is 9.88 Å². The Hall–Kier alpha value is -3.08. The van der Waals surface area contributed by atoms with Crippen molar-refractivity contribution in [2.24, 2.45) is 5.92 Å². The van der Waals surface area contributed by atoms with Crippen molar-refractivity contribution >= 4 is 17.0 Å². The molecule has 1 aromatic heterocycles. The third-order valence-corrected chi connectivity index (χ3v) is 5.45. The first kappa shape index (κ1) is 22.6. The van der Waals surface area contributed by atoms with Crippen LogP contribution in [-0.4, -0.2) is 31.7 Å². The highest BCUT2D eigenvalue weighted by molar-refractivity contribution is 5.97. The van der Waals surface area contributed by atoms with E-state index in [1.165, 1.54) is 4.90 Å². The van der Waals surface area contributed by atoms with Crippen LogP contribution in [-0.2, 0) is 13.0 Å². The summed E-state index contributed by atoms with van der Waals surface area (Å²) in [5.41, 5.74) is 5.10. The van der Waals surface area contributed by atoms with Crippen molar-refractivity contribution in [2.45, 2.75) is 60.0 Å². The Labute approximate surface area is 184 Å². The Morgan fingerprint density at radius 3 is 2.29 bits per heavy atom. The smallest absolute Gasteiger partial charge is 0.408 e. The summed E-state index contributed by atoms with van der Waals surface area (Å²) in [7, 11) is 0. The lowest BCUT2D eigenvalue weighted by atomic mass is 9.90. The lowest BCUT2D eigenvalue weighted by Gasteiger charge is -2.34. The van der Waals surface area contributed by atoms with Crippen LogP contribution in [0, 0.1) is 12.8 Å². The van der Waals surface area contributed by atoms with Gasteiger partial charge in [-0.1, -0.05) is 43.7 Å². The maximum Gasteiger partial charge on any atom is 0.408 e. The molecule has 0 spiro atoms. The summed E-state index contributed by atoms with van der Waals surface area (Å²) in [5.74, 6) is 0.524. The maximum atomic E-state index is 12.2. The summed E-state index contributed by atoms with van der Waals surface area (Å²) in [5, 5.41) is 21.0. The van der Waals surface area contributed by atoms with Gasteiger partial charge in [-0.15, -0.1) is 0 Å². The van der Waals surface area contributed by atoms with Gasteiger partial charge in [0.2, 0.25) is 0 Å². The number of benzene rings is 2. The minimum atomic E-state index is -0.964. The molecule has 0 saturated heterocycles. The first-order valence-electron chi connectivity index (χ1n) is 10.7. The van der Waals surface area contributed by atoms with E-state index in [1.54, 1.807) is 12.1 Å². The van der Waals surface area contributed by atoms with Crippen molar-refractivity contribution in [3.05, 3.63) is 59.3 Å². The molecule has 1 amide bonds. The highest BCUT2D eigenvalue weighted by atomic mass is 16.4. The van der Waals surface area contributed by atoms with E-state index in [1.807, 2.05) is 33.8 Å². The van der Waals surface area contributed by atoms with Gasteiger partial charge in [0.15, 0.2) is 0 Å². The zero-order valence-electron chi connectivity index (χ0n) is 19.2. The molecule has 0 radical (unpaired) electrons. The molecule has 0 aliphatic carbocycles. The predicted octanol–water partition coefficient (Wildman–Crippen LogP) is 6.39. The molecule has 5 heteroatoms. The zero-order chi connectivity index (χ0) is 22.9. The number of aryl methyl sites for hydroxylation is 1. The second-order valence-electron chi connectivity index (χ2n) is 9.62. The Morgan fingerprint density at radius 1 is 1.10 bits per heavy atom. The van der Waals surface area contributed by atoms with Gasteiger partial charge in [0.1, 0.15) is 5.75 Å². The van der Waals surface area contributed by atoms with Crippen LogP contribution in [0.3, 0.4) is 0 Å². The average molecular weight is 421 g/mol. The summed E-state index contributed by atoms with van der Waals surface area (Å²) in [6, 6.07) is 13.4. The second-order valence-corrected chi connectivity index (χ2v) is 9.62. The number of hydrogen-bond donors (Lipinski definition) is 2. The topological polar surface area (TPSA) is 73.7 Å². The van der Waals surface area contributed by atoms with Crippen LogP contribution in [0.5, 0.6) is 5.75 Å². The van der Waals surface area contributed by atoms with Crippen LogP contribution in [0.2, 0.25) is 0 Å². The lowest BCUT2D eigenvalue weighted by Crippen LogP contribution is -2.44. The van der Waals surface area contributed by atoms with Crippen molar-refractivity contribution in [3.8, 4) is 16.9 Å². The van der Waals surface area contributed by atoms with E-state index in [2.05, 4.69) is 38.1 Å². The largest absolute Gasteiger partial charge is 0.508 e. The molecule has 5 nitrogen and oxygen atoms in total. The van der Waals surface area contributed by atoms with Gasteiger partial charge in [0.25, 0.3) is 0 Å². The summed E-state index contributed by atoms with van der Waals surface area (Å²) < 4.78 is 0. The molecule has 0 aliphatic rings. The van der Waals surface area contributed by atoms with E-state index < -0.39 is 11.6 Å².